The summed E-state index contributed by atoms with van der Waals surface area (Å²) in [5, 5.41) is 4.80. The van der Waals surface area contributed by atoms with E-state index < -0.39 is 0 Å². The number of benzene rings is 6. The Morgan fingerprint density at radius 1 is 0.431 bits per heavy atom. The van der Waals surface area contributed by atoms with Crippen LogP contribution in [0.15, 0.2) is 176 Å². The molecule has 9 rings (SSSR count). The average Bonchev–Trinajstić information content (AvgIpc) is 3.51. The van der Waals surface area contributed by atoms with Gasteiger partial charge in [0.25, 0.3) is 0 Å². The van der Waals surface area contributed by atoms with Gasteiger partial charge in [-0.2, -0.15) is 0 Å². The molecule has 0 N–H and O–H groups in total. The first kappa shape index (κ1) is 30.6. The molecule has 0 radical (unpaired) electrons. The maximum atomic E-state index is 5.15. The van der Waals surface area contributed by atoms with Gasteiger partial charge >= 0.3 is 0 Å². The van der Waals surface area contributed by atoms with Crippen molar-refractivity contribution in [3.05, 3.63) is 182 Å². The van der Waals surface area contributed by atoms with Crippen LogP contribution in [-0.2, 0) is 0 Å². The highest BCUT2D eigenvalue weighted by atomic mass is 14.9. The molecule has 0 atom stereocenters. The number of aromatic nitrogens is 3. The van der Waals surface area contributed by atoms with Gasteiger partial charge in [0.05, 0.1) is 11.4 Å². The molecular weight excluding hydrogens is 619 g/mol. The van der Waals surface area contributed by atoms with Crippen LogP contribution in [0.4, 0.5) is 0 Å². The Bertz CT molecular complexity index is 2570. The average molecular weight is 654 g/mol. The van der Waals surface area contributed by atoms with Gasteiger partial charge in [-0.05, 0) is 75.4 Å². The highest BCUT2D eigenvalue weighted by Crippen LogP contribution is 2.33. The third kappa shape index (κ3) is 6.26. The molecule has 0 spiro atoms. The summed E-state index contributed by atoms with van der Waals surface area (Å²) >= 11 is 0. The van der Waals surface area contributed by atoms with E-state index in [0.717, 1.165) is 63.0 Å². The third-order valence-corrected chi connectivity index (χ3v) is 9.86. The molecule has 0 unspecified atom stereocenters. The standard InChI is InChI=1S/C48H35N3/c1-2-4-10-33(9-3-1)35-15-22-38(23-16-35)46-30-47(39-24-20-37(21-25-39)45-32-49-31-43-13-7-8-14-44(43)45)51-48(50-46)40-26-17-36(18-27-40)42-28-19-34-11-5-6-12-41(34)29-42/h3,5-32H,1-2,4H2. The summed E-state index contributed by atoms with van der Waals surface area (Å²) in [6, 6.07) is 51.7. The van der Waals surface area contributed by atoms with Crippen LogP contribution in [0.1, 0.15) is 24.8 Å². The lowest BCUT2D eigenvalue weighted by molar-refractivity contribution is 0.876. The smallest absolute Gasteiger partial charge is 0.160 e. The Hall–Kier alpha value is -6.45. The first-order valence-corrected chi connectivity index (χ1v) is 17.6. The van der Waals surface area contributed by atoms with Crippen molar-refractivity contribution in [2.75, 3.05) is 0 Å². The number of fused-ring (bicyclic) bond motifs is 2. The molecule has 0 saturated carbocycles. The molecule has 2 aromatic heterocycles. The monoisotopic (exact) mass is 653 g/mol. The summed E-state index contributed by atoms with van der Waals surface area (Å²) in [5.74, 6) is 0.702. The van der Waals surface area contributed by atoms with Crippen molar-refractivity contribution in [3.8, 4) is 56.2 Å². The molecule has 0 bridgehead atoms. The van der Waals surface area contributed by atoms with Gasteiger partial charge < -0.3 is 0 Å². The van der Waals surface area contributed by atoms with Crippen LogP contribution < -0.4 is 0 Å². The van der Waals surface area contributed by atoms with Crippen molar-refractivity contribution in [2.45, 2.75) is 19.3 Å². The molecule has 3 nitrogen and oxygen atoms in total. The zero-order chi connectivity index (χ0) is 34.0. The summed E-state index contributed by atoms with van der Waals surface area (Å²) in [7, 11) is 0. The Kier molecular flexibility index (Phi) is 8.07. The zero-order valence-corrected chi connectivity index (χ0v) is 28.2. The van der Waals surface area contributed by atoms with Gasteiger partial charge in [0.1, 0.15) is 0 Å². The van der Waals surface area contributed by atoms with Gasteiger partial charge in [-0.1, -0.05) is 152 Å². The normalized spacial score (nSPS) is 12.9. The van der Waals surface area contributed by atoms with Crippen molar-refractivity contribution < 1.29 is 0 Å². The SMILES string of the molecule is C1=CC(c2ccc(-c3cc(-c4ccc(-c5cncc6ccccc56)cc4)nc(-c4ccc(-c5ccc6ccccc6c5)cc4)n3)cc2)=CCCC1. The number of rotatable bonds is 6. The fourth-order valence-electron chi connectivity index (χ4n) is 7.04. The van der Waals surface area contributed by atoms with E-state index in [9.17, 15) is 0 Å². The van der Waals surface area contributed by atoms with Crippen LogP contribution in [0.3, 0.4) is 0 Å². The summed E-state index contributed by atoms with van der Waals surface area (Å²) in [6.45, 7) is 0. The van der Waals surface area contributed by atoms with Crippen LogP contribution in [0, 0.1) is 0 Å². The largest absolute Gasteiger partial charge is 0.263 e. The predicted octanol–water partition coefficient (Wildman–Crippen LogP) is 12.6. The minimum atomic E-state index is 0.702. The van der Waals surface area contributed by atoms with E-state index in [0.29, 0.717) is 5.82 Å². The van der Waals surface area contributed by atoms with Crippen LogP contribution in [0.2, 0.25) is 0 Å². The van der Waals surface area contributed by atoms with E-state index in [2.05, 4.69) is 169 Å². The summed E-state index contributed by atoms with van der Waals surface area (Å²) in [5.41, 5.74) is 12.0. The predicted molar refractivity (Wildman–Crippen MR) is 213 cm³/mol. The third-order valence-electron chi connectivity index (χ3n) is 9.86. The first-order chi connectivity index (χ1) is 25.2. The molecule has 1 aliphatic carbocycles. The van der Waals surface area contributed by atoms with Crippen LogP contribution >= 0.6 is 0 Å². The molecule has 0 amide bonds. The van der Waals surface area contributed by atoms with Gasteiger partial charge in [0, 0.05) is 40.0 Å². The fraction of sp³-hybridized carbons (Fsp3) is 0.0625. The zero-order valence-electron chi connectivity index (χ0n) is 28.2. The molecular formula is C48H35N3. The summed E-state index contributed by atoms with van der Waals surface area (Å²) in [4.78, 5) is 14.8. The van der Waals surface area contributed by atoms with E-state index in [1.54, 1.807) is 0 Å². The first-order valence-electron chi connectivity index (χ1n) is 17.6. The Labute approximate surface area is 298 Å². The van der Waals surface area contributed by atoms with Crippen molar-refractivity contribution >= 4 is 27.1 Å². The lowest BCUT2D eigenvalue weighted by Gasteiger charge is -2.12. The van der Waals surface area contributed by atoms with E-state index in [1.165, 1.54) is 39.3 Å². The maximum absolute atomic E-state index is 5.15. The minimum Gasteiger partial charge on any atom is -0.263 e. The van der Waals surface area contributed by atoms with Crippen molar-refractivity contribution in [1.29, 1.82) is 0 Å². The Morgan fingerprint density at radius 3 is 1.80 bits per heavy atom. The van der Waals surface area contributed by atoms with E-state index >= 15 is 0 Å². The summed E-state index contributed by atoms with van der Waals surface area (Å²) < 4.78 is 0. The second-order valence-corrected chi connectivity index (χ2v) is 13.2. The van der Waals surface area contributed by atoms with Crippen LogP contribution in [0.5, 0.6) is 0 Å². The molecule has 8 aromatic rings. The van der Waals surface area contributed by atoms with Crippen LogP contribution in [-0.4, -0.2) is 15.0 Å². The van der Waals surface area contributed by atoms with Gasteiger partial charge in [0.15, 0.2) is 5.82 Å². The quantitative estimate of drug-likeness (QED) is 0.179. The van der Waals surface area contributed by atoms with E-state index in [4.69, 9.17) is 9.97 Å². The number of hydrogen-bond donors (Lipinski definition) is 0. The Balaban J connectivity index is 1.10. The minimum absolute atomic E-state index is 0.702. The summed E-state index contributed by atoms with van der Waals surface area (Å²) in [6.07, 6.45) is 14.2. The maximum Gasteiger partial charge on any atom is 0.160 e. The van der Waals surface area contributed by atoms with Crippen LogP contribution in [0.25, 0.3) is 83.3 Å². The lowest BCUT2D eigenvalue weighted by atomic mass is 9.98. The molecule has 242 valence electrons. The molecule has 0 saturated heterocycles. The highest BCUT2D eigenvalue weighted by molar-refractivity contribution is 5.96. The van der Waals surface area contributed by atoms with E-state index in [-0.39, 0.29) is 0 Å². The number of nitrogens with zero attached hydrogens (tertiary/aromatic N) is 3. The number of allylic oxidation sites excluding steroid dienone is 4. The lowest BCUT2D eigenvalue weighted by Crippen LogP contribution is -1.96. The van der Waals surface area contributed by atoms with Crippen molar-refractivity contribution in [1.82, 2.24) is 15.0 Å². The van der Waals surface area contributed by atoms with E-state index in [1.807, 2.05) is 12.4 Å². The van der Waals surface area contributed by atoms with Crippen molar-refractivity contribution in [3.63, 3.8) is 0 Å². The fourth-order valence-corrected chi connectivity index (χ4v) is 7.04. The molecule has 2 heterocycles. The second-order valence-electron chi connectivity index (χ2n) is 13.2. The number of pyridine rings is 1. The molecule has 6 aromatic carbocycles. The van der Waals surface area contributed by atoms with Crippen molar-refractivity contribution in [2.24, 2.45) is 0 Å². The molecule has 0 aliphatic heterocycles. The van der Waals surface area contributed by atoms with Gasteiger partial charge in [-0.15, -0.1) is 0 Å². The molecule has 0 fully saturated rings. The van der Waals surface area contributed by atoms with Gasteiger partial charge in [0.2, 0.25) is 0 Å². The second kappa shape index (κ2) is 13.5. The molecule has 1 aliphatic rings. The topological polar surface area (TPSA) is 38.7 Å². The van der Waals surface area contributed by atoms with Gasteiger partial charge in [-0.25, -0.2) is 9.97 Å². The highest BCUT2D eigenvalue weighted by Gasteiger charge is 2.13. The molecule has 51 heavy (non-hydrogen) atoms. The number of hydrogen-bond acceptors (Lipinski definition) is 3. The van der Waals surface area contributed by atoms with Gasteiger partial charge in [-0.3, -0.25) is 4.98 Å². The molecule has 3 heteroatoms. The Morgan fingerprint density at radius 2 is 1.04 bits per heavy atom.